The molecule has 3 rings (SSSR count). The summed E-state index contributed by atoms with van der Waals surface area (Å²) in [5.74, 6) is 6.33. The van der Waals surface area contributed by atoms with Gasteiger partial charge in [0.1, 0.15) is 5.82 Å². The van der Waals surface area contributed by atoms with Gasteiger partial charge in [-0.15, -0.1) is 0 Å². The molecule has 0 amide bonds. The lowest BCUT2D eigenvalue weighted by Crippen LogP contribution is -2.11. The van der Waals surface area contributed by atoms with Crippen LogP contribution in [-0.2, 0) is 0 Å². The predicted molar refractivity (Wildman–Crippen MR) is 74.0 cm³/mol. The van der Waals surface area contributed by atoms with E-state index in [1.165, 1.54) is 5.56 Å². The number of H-pyrrole nitrogens is 1. The minimum absolute atomic E-state index is 0.325. The smallest absolute Gasteiger partial charge is 0.241 e. The monoisotopic (exact) mass is 255 g/mol. The maximum atomic E-state index is 5.35. The number of nitrogens with zero attached hydrogens (tertiary/aromatic N) is 3. The molecule has 1 aromatic carbocycles. The predicted octanol–water partition coefficient (Wildman–Crippen LogP) is 1.69. The largest absolute Gasteiger partial charge is 0.339 e. The molecule has 0 atom stereocenters. The summed E-state index contributed by atoms with van der Waals surface area (Å²) in [7, 11) is 0. The van der Waals surface area contributed by atoms with E-state index in [4.69, 9.17) is 5.84 Å². The van der Waals surface area contributed by atoms with Gasteiger partial charge in [-0.1, -0.05) is 17.7 Å². The molecule has 2 heterocycles. The molecule has 5 N–H and O–H groups in total. The molecule has 0 spiro atoms. The van der Waals surface area contributed by atoms with Crippen molar-refractivity contribution >= 4 is 28.5 Å². The Morgan fingerprint density at radius 3 is 2.68 bits per heavy atom. The van der Waals surface area contributed by atoms with Gasteiger partial charge in [0, 0.05) is 5.69 Å². The lowest BCUT2D eigenvalue weighted by Gasteiger charge is -2.08. The van der Waals surface area contributed by atoms with Crippen LogP contribution in [0.4, 0.5) is 17.5 Å². The van der Waals surface area contributed by atoms with Gasteiger partial charge in [-0.25, -0.2) is 5.84 Å². The number of fused-ring (bicyclic) bond motifs is 1. The van der Waals surface area contributed by atoms with E-state index < -0.39 is 0 Å². The van der Waals surface area contributed by atoms with Gasteiger partial charge in [-0.3, -0.25) is 10.5 Å². The van der Waals surface area contributed by atoms with E-state index >= 15 is 0 Å². The third-order valence-electron chi connectivity index (χ3n) is 2.75. The third-order valence-corrected chi connectivity index (χ3v) is 2.75. The van der Waals surface area contributed by atoms with E-state index in [2.05, 4.69) is 30.9 Å². The summed E-state index contributed by atoms with van der Waals surface area (Å²) in [6.07, 6.45) is 1.67. The van der Waals surface area contributed by atoms with Gasteiger partial charge in [0.05, 0.1) is 11.6 Å². The Balaban J connectivity index is 2.03. The number of hydrogen-bond acceptors (Lipinski definition) is 6. The number of aromatic nitrogens is 4. The number of nitrogens with two attached hydrogens (primary N) is 1. The van der Waals surface area contributed by atoms with Crippen molar-refractivity contribution in [2.75, 3.05) is 10.7 Å². The standard InChI is InChI=1S/C12H13N7/c1-7-2-4-8(5-3-7)15-10-9-6-14-19-11(9)17-12(16-10)18-13/h2-6H,13H2,1H3,(H3,14,15,16,17,18,19). The van der Waals surface area contributed by atoms with Crippen molar-refractivity contribution in [1.29, 1.82) is 0 Å². The summed E-state index contributed by atoms with van der Waals surface area (Å²) in [4.78, 5) is 8.46. The Morgan fingerprint density at radius 1 is 1.16 bits per heavy atom. The topological polar surface area (TPSA) is 105 Å². The van der Waals surface area contributed by atoms with Gasteiger partial charge < -0.3 is 5.32 Å². The third kappa shape index (κ3) is 2.18. The van der Waals surface area contributed by atoms with Crippen LogP contribution in [0.5, 0.6) is 0 Å². The molecule has 0 aliphatic carbocycles. The zero-order valence-corrected chi connectivity index (χ0v) is 10.3. The summed E-state index contributed by atoms with van der Waals surface area (Å²) in [5.41, 5.74) is 5.20. The summed E-state index contributed by atoms with van der Waals surface area (Å²) in [6.45, 7) is 2.04. The van der Waals surface area contributed by atoms with Crippen molar-refractivity contribution in [1.82, 2.24) is 20.2 Å². The number of rotatable bonds is 3. The maximum Gasteiger partial charge on any atom is 0.241 e. The molecular weight excluding hydrogens is 242 g/mol. The molecule has 0 unspecified atom stereocenters. The highest BCUT2D eigenvalue weighted by Crippen LogP contribution is 2.23. The second kappa shape index (κ2) is 4.54. The Morgan fingerprint density at radius 2 is 1.95 bits per heavy atom. The normalized spacial score (nSPS) is 10.6. The van der Waals surface area contributed by atoms with Gasteiger partial charge in [-0.05, 0) is 19.1 Å². The van der Waals surface area contributed by atoms with Crippen molar-refractivity contribution in [3.63, 3.8) is 0 Å². The number of nitrogens with one attached hydrogen (secondary N) is 3. The van der Waals surface area contributed by atoms with E-state index in [0.717, 1.165) is 11.1 Å². The van der Waals surface area contributed by atoms with Crippen LogP contribution in [0, 0.1) is 6.92 Å². The average molecular weight is 255 g/mol. The highest BCUT2D eigenvalue weighted by Gasteiger charge is 2.09. The fraction of sp³-hybridized carbons (Fsp3) is 0.0833. The van der Waals surface area contributed by atoms with Crippen molar-refractivity contribution < 1.29 is 0 Å². The van der Waals surface area contributed by atoms with Crippen LogP contribution >= 0.6 is 0 Å². The van der Waals surface area contributed by atoms with Gasteiger partial charge in [0.15, 0.2) is 5.65 Å². The van der Waals surface area contributed by atoms with Gasteiger partial charge in [0.2, 0.25) is 5.95 Å². The van der Waals surface area contributed by atoms with E-state index in [1.54, 1.807) is 6.20 Å². The van der Waals surface area contributed by atoms with E-state index in [0.29, 0.717) is 17.4 Å². The minimum atomic E-state index is 0.325. The molecule has 0 aliphatic heterocycles. The molecule has 19 heavy (non-hydrogen) atoms. The van der Waals surface area contributed by atoms with Crippen molar-refractivity contribution in [3.05, 3.63) is 36.0 Å². The zero-order chi connectivity index (χ0) is 13.2. The Kier molecular flexibility index (Phi) is 2.73. The van der Waals surface area contributed by atoms with Crippen LogP contribution < -0.4 is 16.6 Å². The summed E-state index contributed by atoms with van der Waals surface area (Å²) >= 11 is 0. The highest BCUT2D eigenvalue weighted by molar-refractivity contribution is 5.88. The number of nitrogen functional groups attached to an aromatic ring is 1. The Bertz CT molecular complexity index is 702. The van der Waals surface area contributed by atoms with Crippen LogP contribution in [0.15, 0.2) is 30.5 Å². The zero-order valence-electron chi connectivity index (χ0n) is 10.3. The Labute approximate surface area is 109 Å². The number of aryl methyl sites for hydroxylation is 1. The first-order valence-electron chi connectivity index (χ1n) is 5.77. The molecule has 96 valence electrons. The van der Waals surface area contributed by atoms with E-state index in [9.17, 15) is 0 Å². The number of anilines is 3. The molecule has 7 nitrogen and oxygen atoms in total. The van der Waals surface area contributed by atoms with Crippen LogP contribution in [0.3, 0.4) is 0 Å². The molecule has 0 aliphatic rings. The van der Waals surface area contributed by atoms with Crippen LogP contribution in [0.25, 0.3) is 11.0 Å². The van der Waals surface area contributed by atoms with Crippen LogP contribution in [-0.4, -0.2) is 20.2 Å². The lowest BCUT2D eigenvalue weighted by molar-refractivity contribution is 1.08. The molecule has 2 aromatic heterocycles. The fourth-order valence-electron chi connectivity index (χ4n) is 1.77. The summed E-state index contributed by atoms with van der Waals surface area (Å²) in [5, 5.41) is 10.8. The molecule has 3 aromatic rings. The lowest BCUT2D eigenvalue weighted by atomic mass is 10.2. The van der Waals surface area contributed by atoms with Crippen LogP contribution in [0.1, 0.15) is 5.56 Å². The SMILES string of the molecule is Cc1ccc(Nc2nc(NN)nc3[nH]ncc23)cc1. The minimum Gasteiger partial charge on any atom is -0.339 e. The van der Waals surface area contributed by atoms with Crippen molar-refractivity contribution in [3.8, 4) is 0 Å². The molecule has 0 saturated carbocycles. The second-order valence-electron chi connectivity index (χ2n) is 4.16. The van der Waals surface area contributed by atoms with E-state index in [1.807, 2.05) is 31.2 Å². The Hall–Kier alpha value is -2.67. The fourth-order valence-corrected chi connectivity index (χ4v) is 1.77. The number of aromatic amines is 1. The molecule has 7 heteroatoms. The number of benzene rings is 1. The first-order chi connectivity index (χ1) is 9.26. The summed E-state index contributed by atoms with van der Waals surface area (Å²) in [6, 6.07) is 8.02. The number of hydrazine groups is 1. The molecule has 0 radical (unpaired) electrons. The van der Waals surface area contributed by atoms with Gasteiger partial charge in [0.25, 0.3) is 0 Å². The molecule has 0 saturated heterocycles. The van der Waals surface area contributed by atoms with E-state index in [-0.39, 0.29) is 0 Å². The van der Waals surface area contributed by atoms with Gasteiger partial charge in [-0.2, -0.15) is 15.1 Å². The molecule has 0 fully saturated rings. The van der Waals surface area contributed by atoms with Gasteiger partial charge >= 0.3 is 0 Å². The summed E-state index contributed by atoms with van der Waals surface area (Å²) < 4.78 is 0. The highest BCUT2D eigenvalue weighted by atomic mass is 15.3. The first kappa shape index (κ1) is 11.4. The molecular formula is C12H13N7. The quantitative estimate of drug-likeness (QED) is 0.419. The second-order valence-corrected chi connectivity index (χ2v) is 4.16. The first-order valence-corrected chi connectivity index (χ1v) is 5.77. The van der Waals surface area contributed by atoms with Crippen LogP contribution in [0.2, 0.25) is 0 Å². The average Bonchev–Trinajstić information content (AvgIpc) is 2.89. The van der Waals surface area contributed by atoms with Crippen molar-refractivity contribution in [2.24, 2.45) is 5.84 Å². The maximum absolute atomic E-state index is 5.35. The number of hydrogen-bond donors (Lipinski definition) is 4. The van der Waals surface area contributed by atoms with Crippen molar-refractivity contribution in [2.45, 2.75) is 6.92 Å². The molecule has 0 bridgehead atoms.